The normalized spacial score (nSPS) is 27.2. The van der Waals surface area contributed by atoms with Crippen LogP contribution in [-0.2, 0) is 4.74 Å². The molecule has 0 aromatic carbocycles. The Hall–Kier alpha value is -0.970. The summed E-state index contributed by atoms with van der Waals surface area (Å²) < 4.78 is 8.35. The summed E-state index contributed by atoms with van der Waals surface area (Å²) in [5.41, 5.74) is 5.62. The van der Waals surface area contributed by atoms with Crippen molar-refractivity contribution < 1.29 is 14.9 Å². The molecular weight excluding hydrogens is 365 g/mol. The topological polar surface area (TPSA) is 111 Å². The average Bonchev–Trinajstić information content (AvgIpc) is 2.74. The molecule has 3 atom stereocenters. The average molecular weight is 379 g/mol. The van der Waals surface area contributed by atoms with Crippen LogP contribution in [0, 0.1) is 0 Å². The first-order chi connectivity index (χ1) is 9.06. The fourth-order valence-corrected chi connectivity index (χ4v) is 2.36. The molecule has 0 saturated carbocycles. The molecule has 0 bridgehead atoms. The number of aliphatic hydroxyl groups excluding tert-OH is 2. The number of hydrogen-bond donors (Lipinski definition) is 3. The predicted molar refractivity (Wildman–Crippen MR) is 77.6 cm³/mol. The van der Waals surface area contributed by atoms with Crippen LogP contribution in [0.15, 0.2) is 15.1 Å². The van der Waals surface area contributed by atoms with E-state index >= 15 is 0 Å². The number of nitrogen functional groups attached to an aromatic ring is 1. The first-order valence-electron chi connectivity index (χ1n) is 5.66. The minimum absolute atomic E-state index is 0.125. The van der Waals surface area contributed by atoms with E-state index in [1.807, 2.05) is 22.6 Å². The minimum Gasteiger partial charge on any atom is -0.394 e. The molecule has 2 rings (SSSR count). The first-order valence-corrected chi connectivity index (χ1v) is 6.91. The molecule has 1 fully saturated rings. The Morgan fingerprint density at radius 3 is 3.00 bits per heavy atom. The number of aliphatic hydroxyl groups is 2. The van der Waals surface area contributed by atoms with Gasteiger partial charge in [0.15, 0.2) is 6.23 Å². The van der Waals surface area contributed by atoms with Crippen LogP contribution in [-0.4, -0.2) is 38.6 Å². The van der Waals surface area contributed by atoms with Crippen molar-refractivity contribution in [3.05, 3.63) is 26.3 Å². The van der Waals surface area contributed by atoms with Crippen LogP contribution >= 0.6 is 22.6 Å². The first kappa shape index (κ1) is 14.4. The second-order valence-corrected chi connectivity index (χ2v) is 4.92. The Kier molecular flexibility index (Phi) is 4.55. The van der Waals surface area contributed by atoms with Gasteiger partial charge in [0, 0.05) is 18.2 Å². The van der Waals surface area contributed by atoms with Crippen LogP contribution < -0.4 is 11.4 Å². The zero-order valence-corrected chi connectivity index (χ0v) is 12.1. The number of halogens is 1. The molecule has 0 aliphatic carbocycles. The number of hydrogen-bond acceptors (Lipinski definition) is 6. The van der Waals surface area contributed by atoms with Gasteiger partial charge in [-0.15, -0.1) is 0 Å². The van der Waals surface area contributed by atoms with E-state index in [4.69, 9.17) is 15.6 Å². The van der Waals surface area contributed by atoms with Crippen LogP contribution in [0.2, 0.25) is 0 Å². The largest absolute Gasteiger partial charge is 0.394 e. The zero-order chi connectivity index (χ0) is 14.0. The number of ether oxygens (including phenoxy) is 1. The Labute approximate surface area is 122 Å². The minimum atomic E-state index is -0.864. The summed E-state index contributed by atoms with van der Waals surface area (Å²) in [7, 11) is 0. The third-order valence-corrected chi connectivity index (χ3v) is 3.26. The molecule has 0 spiro atoms. The van der Waals surface area contributed by atoms with E-state index in [-0.39, 0.29) is 18.8 Å². The van der Waals surface area contributed by atoms with E-state index in [2.05, 4.69) is 4.98 Å². The molecule has 1 aromatic heterocycles. The molecule has 1 aliphatic heterocycles. The fraction of sp³-hybridized carbons (Fsp3) is 0.455. The van der Waals surface area contributed by atoms with Crippen molar-refractivity contribution in [1.82, 2.24) is 9.55 Å². The summed E-state index contributed by atoms with van der Waals surface area (Å²) in [6.07, 6.45) is 1.27. The van der Waals surface area contributed by atoms with Crippen molar-refractivity contribution in [3.63, 3.8) is 0 Å². The van der Waals surface area contributed by atoms with Crippen molar-refractivity contribution in [2.45, 2.75) is 24.9 Å². The van der Waals surface area contributed by atoms with E-state index in [0.29, 0.717) is 5.56 Å². The molecule has 2 heterocycles. The maximum atomic E-state index is 11.8. The summed E-state index contributed by atoms with van der Waals surface area (Å²) in [5.74, 6) is 0.125. The highest BCUT2D eigenvalue weighted by molar-refractivity contribution is 14.1. The van der Waals surface area contributed by atoms with Gasteiger partial charge >= 0.3 is 5.69 Å². The molecule has 104 valence electrons. The monoisotopic (exact) mass is 379 g/mol. The van der Waals surface area contributed by atoms with Crippen molar-refractivity contribution in [2.24, 2.45) is 0 Å². The van der Waals surface area contributed by atoms with Crippen LogP contribution in [0.1, 0.15) is 18.2 Å². The molecule has 19 heavy (non-hydrogen) atoms. The summed E-state index contributed by atoms with van der Waals surface area (Å²) in [6, 6.07) is 0. The van der Waals surface area contributed by atoms with Gasteiger partial charge in [-0.1, -0.05) is 22.6 Å². The van der Waals surface area contributed by atoms with Gasteiger partial charge in [0.2, 0.25) is 0 Å². The second-order valence-electron chi connectivity index (χ2n) is 4.20. The van der Waals surface area contributed by atoms with Gasteiger partial charge in [-0.2, -0.15) is 4.98 Å². The Morgan fingerprint density at radius 1 is 1.68 bits per heavy atom. The number of nitrogens with two attached hydrogens (primary N) is 1. The SMILES string of the molecule is Nc1nc(=O)n([C@@H]2O[C@H](CO)C[C@H]2O)cc1C=CI. The van der Waals surface area contributed by atoms with E-state index in [1.165, 1.54) is 10.8 Å². The van der Waals surface area contributed by atoms with Crippen molar-refractivity contribution >= 4 is 34.5 Å². The molecule has 7 nitrogen and oxygen atoms in total. The second kappa shape index (κ2) is 5.99. The highest BCUT2D eigenvalue weighted by Crippen LogP contribution is 2.28. The standard InChI is InChI=1S/C11H14IN3O4/c12-2-1-6-4-15(11(18)14-9(6)13)10-8(17)3-7(5-16)19-10/h1-2,4,7-8,10,16-17H,3,5H2,(H2,13,14,18)/t7-,8+,10+/m0/s1. The van der Waals surface area contributed by atoms with Gasteiger partial charge < -0.3 is 20.7 Å². The molecule has 8 heteroatoms. The van der Waals surface area contributed by atoms with Crippen LogP contribution in [0.5, 0.6) is 0 Å². The number of nitrogens with zero attached hydrogens (tertiary/aromatic N) is 2. The smallest absolute Gasteiger partial charge is 0.351 e. The predicted octanol–water partition coefficient (Wildman–Crippen LogP) is -0.128. The summed E-state index contributed by atoms with van der Waals surface area (Å²) in [5, 5.41) is 18.9. The summed E-state index contributed by atoms with van der Waals surface area (Å²) in [4.78, 5) is 15.5. The number of rotatable bonds is 3. The molecular formula is C11H14IN3O4. The number of aromatic nitrogens is 2. The van der Waals surface area contributed by atoms with Crippen molar-refractivity contribution in [1.29, 1.82) is 0 Å². The van der Waals surface area contributed by atoms with E-state index in [0.717, 1.165) is 0 Å². The van der Waals surface area contributed by atoms with Gasteiger partial charge in [-0.25, -0.2) is 4.79 Å². The Bertz CT molecular complexity index is 545. The van der Waals surface area contributed by atoms with Gasteiger partial charge in [-0.3, -0.25) is 4.57 Å². The van der Waals surface area contributed by atoms with Gasteiger partial charge in [0.05, 0.1) is 12.7 Å². The Morgan fingerprint density at radius 2 is 2.42 bits per heavy atom. The summed E-state index contributed by atoms with van der Waals surface area (Å²) >= 11 is 2.02. The van der Waals surface area contributed by atoms with Crippen molar-refractivity contribution in [3.8, 4) is 0 Å². The molecule has 1 aromatic rings. The lowest BCUT2D eigenvalue weighted by Gasteiger charge is -2.17. The maximum Gasteiger partial charge on any atom is 0.351 e. The van der Waals surface area contributed by atoms with Gasteiger partial charge in [0.1, 0.15) is 11.9 Å². The molecule has 0 amide bonds. The summed E-state index contributed by atoms with van der Waals surface area (Å²) in [6.45, 7) is -0.203. The third kappa shape index (κ3) is 2.96. The Balaban J connectivity index is 2.39. The quantitative estimate of drug-likeness (QED) is 0.632. The van der Waals surface area contributed by atoms with E-state index < -0.39 is 24.1 Å². The van der Waals surface area contributed by atoms with Crippen LogP contribution in [0.25, 0.3) is 6.08 Å². The highest BCUT2D eigenvalue weighted by Gasteiger charge is 2.35. The van der Waals surface area contributed by atoms with Crippen LogP contribution in [0.4, 0.5) is 5.82 Å². The lowest BCUT2D eigenvalue weighted by Crippen LogP contribution is -2.32. The lowest BCUT2D eigenvalue weighted by atomic mass is 10.2. The van der Waals surface area contributed by atoms with Gasteiger partial charge in [-0.05, 0) is 10.2 Å². The van der Waals surface area contributed by atoms with E-state index in [1.54, 1.807) is 10.2 Å². The maximum absolute atomic E-state index is 11.8. The molecule has 0 unspecified atom stereocenters. The number of anilines is 1. The highest BCUT2D eigenvalue weighted by atomic mass is 127. The lowest BCUT2D eigenvalue weighted by molar-refractivity contribution is -0.0529. The van der Waals surface area contributed by atoms with Gasteiger partial charge in [0.25, 0.3) is 0 Å². The molecule has 4 N–H and O–H groups in total. The third-order valence-electron chi connectivity index (χ3n) is 2.90. The van der Waals surface area contributed by atoms with Crippen LogP contribution in [0.3, 0.4) is 0 Å². The molecule has 1 saturated heterocycles. The van der Waals surface area contributed by atoms with Crippen molar-refractivity contribution in [2.75, 3.05) is 12.3 Å². The fourth-order valence-electron chi connectivity index (χ4n) is 1.97. The zero-order valence-electron chi connectivity index (χ0n) is 9.94. The van der Waals surface area contributed by atoms with E-state index in [9.17, 15) is 9.90 Å². The molecule has 0 radical (unpaired) electrons. The molecule has 1 aliphatic rings.